The fourth-order valence-corrected chi connectivity index (χ4v) is 3.58. The maximum Gasteiger partial charge on any atom is 0.313 e. The molecule has 0 N–H and O–H groups in total. The summed E-state index contributed by atoms with van der Waals surface area (Å²) in [6.07, 6.45) is 8.21. The zero-order valence-corrected chi connectivity index (χ0v) is 13.1. The molecule has 2 fully saturated rings. The van der Waals surface area contributed by atoms with E-state index < -0.39 is 0 Å². The molecule has 0 aliphatic heterocycles. The van der Waals surface area contributed by atoms with Gasteiger partial charge in [0.25, 0.3) is 0 Å². The summed E-state index contributed by atoms with van der Waals surface area (Å²) in [5.74, 6) is 0.341. The smallest absolute Gasteiger partial charge is 0.313 e. The number of carbonyl (C=O) groups is 1. The molecule has 0 aromatic heterocycles. The molecule has 108 valence electrons. The maximum atomic E-state index is 12.6. The van der Waals surface area contributed by atoms with Crippen LogP contribution in [0.25, 0.3) is 0 Å². The van der Waals surface area contributed by atoms with Crippen molar-refractivity contribution in [2.45, 2.75) is 72.8 Å². The Hall–Kier alpha value is -0.790. The molecule has 2 aliphatic rings. The highest BCUT2D eigenvalue weighted by Crippen LogP contribution is 2.70. The average molecular weight is 264 g/mol. The number of allylic oxidation sites excluding steroid dienone is 2. The molecule has 0 amide bonds. The Balaban J connectivity index is 2.04. The molecule has 0 aromatic rings. The van der Waals surface area contributed by atoms with Gasteiger partial charge in [-0.3, -0.25) is 4.79 Å². The maximum absolute atomic E-state index is 12.6. The van der Waals surface area contributed by atoms with Crippen LogP contribution in [0.2, 0.25) is 0 Å². The van der Waals surface area contributed by atoms with Crippen LogP contribution < -0.4 is 0 Å². The van der Waals surface area contributed by atoms with Crippen LogP contribution in [-0.4, -0.2) is 12.1 Å². The van der Waals surface area contributed by atoms with E-state index in [-0.39, 0.29) is 22.9 Å². The Kier molecular flexibility index (Phi) is 3.81. The standard InChI is InChI=1S/C17H28O2/c1-12(2)11-14-16(3,4)17(14,5)15(18)19-13-9-7-6-8-10-13/h11,13-14H,6-10H2,1-5H3. The molecular formula is C17H28O2. The highest BCUT2D eigenvalue weighted by molar-refractivity contribution is 5.83. The van der Waals surface area contributed by atoms with Gasteiger partial charge in [0.2, 0.25) is 0 Å². The molecule has 2 unspecified atom stereocenters. The van der Waals surface area contributed by atoms with E-state index in [1.165, 1.54) is 24.8 Å². The van der Waals surface area contributed by atoms with Crippen molar-refractivity contribution in [3.8, 4) is 0 Å². The predicted octanol–water partition coefficient (Wildman–Crippen LogP) is 4.49. The van der Waals surface area contributed by atoms with Crippen LogP contribution in [0.4, 0.5) is 0 Å². The molecule has 2 rings (SSSR count). The van der Waals surface area contributed by atoms with Gasteiger partial charge in [0.05, 0.1) is 5.41 Å². The van der Waals surface area contributed by atoms with E-state index in [1.807, 2.05) is 0 Å². The third kappa shape index (κ3) is 2.46. The van der Waals surface area contributed by atoms with Crippen LogP contribution in [0, 0.1) is 16.7 Å². The quantitative estimate of drug-likeness (QED) is 0.554. The Labute approximate surface area is 117 Å². The molecule has 19 heavy (non-hydrogen) atoms. The lowest BCUT2D eigenvalue weighted by Gasteiger charge is -2.24. The van der Waals surface area contributed by atoms with Crippen LogP contribution in [0.5, 0.6) is 0 Å². The molecule has 2 heteroatoms. The monoisotopic (exact) mass is 264 g/mol. The van der Waals surface area contributed by atoms with Gasteiger partial charge < -0.3 is 4.74 Å². The minimum absolute atomic E-state index is 0.0203. The third-order valence-corrected chi connectivity index (χ3v) is 5.40. The Morgan fingerprint density at radius 1 is 1.11 bits per heavy atom. The summed E-state index contributed by atoms with van der Waals surface area (Å²) in [7, 11) is 0. The highest BCUT2D eigenvalue weighted by Gasteiger charge is 2.72. The summed E-state index contributed by atoms with van der Waals surface area (Å²) in [5, 5.41) is 0. The summed E-state index contributed by atoms with van der Waals surface area (Å²) in [6.45, 7) is 10.6. The SMILES string of the molecule is CC(C)=CC1C(C)(C)C1(C)C(=O)OC1CCCCC1. The van der Waals surface area contributed by atoms with E-state index in [2.05, 4.69) is 40.7 Å². The molecule has 0 radical (unpaired) electrons. The van der Waals surface area contributed by atoms with Crippen LogP contribution in [-0.2, 0) is 9.53 Å². The molecule has 2 saturated carbocycles. The van der Waals surface area contributed by atoms with E-state index >= 15 is 0 Å². The van der Waals surface area contributed by atoms with Gasteiger partial charge in [0, 0.05) is 0 Å². The van der Waals surface area contributed by atoms with Gasteiger partial charge in [0.1, 0.15) is 6.10 Å². The summed E-state index contributed by atoms with van der Waals surface area (Å²) < 4.78 is 5.80. The van der Waals surface area contributed by atoms with Crippen molar-refractivity contribution in [2.75, 3.05) is 0 Å². The number of hydrogen-bond acceptors (Lipinski definition) is 2. The minimum atomic E-state index is -0.332. The first kappa shape index (κ1) is 14.6. The van der Waals surface area contributed by atoms with E-state index in [9.17, 15) is 4.79 Å². The number of esters is 1. The van der Waals surface area contributed by atoms with E-state index in [0.29, 0.717) is 5.92 Å². The average Bonchev–Trinajstić information content (AvgIpc) is 2.76. The molecule has 2 nitrogen and oxygen atoms in total. The van der Waals surface area contributed by atoms with Gasteiger partial charge in [-0.05, 0) is 57.8 Å². The molecule has 0 saturated heterocycles. The van der Waals surface area contributed by atoms with Gasteiger partial charge in [-0.15, -0.1) is 0 Å². The molecule has 0 aromatic carbocycles. The molecule has 2 atom stereocenters. The van der Waals surface area contributed by atoms with Gasteiger partial charge in [-0.1, -0.05) is 31.9 Å². The number of hydrogen-bond donors (Lipinski definition) is 0. The molecule has 0 heterocycles. The second-order valence-electron chi connectivity index (χ2n) is 7.31. The van der Waals surface area contributed by atoms with E-state index in [1.54, 1.807) is 0 Å². The van der Waals surface area contributed by atoms with Crippen LogP contribution in [0.1, 0.15) is 66.7 Å². The van der Waals surface area contributed by atoms with Crippen LogP contribution in [0.15, 0.2) is 11.6 Å². The van der Waals surface area contributed by atoms with Crippen molar-refractivity contribution in [1.29, 1.82) is 0 Å². The van der Waals surface area contributed by atoms with Crippen molar-refractivity contribution in [3.63, 3.8) is 0 Å². The van der Waals surface area contributed by atoms with E-state index in [4.69, 9.17) is 4.74 Å². The lowest BCUT2D eigenvalue weighted by molar-refractivity contribution is -0.158. The topological polar surface area (TPSA) is 26.3 Å². The zero-order chi connectivity index (χ0) is 14.3. The van der Waals surface area contributed by atoms with E-state index in [0.717, 1.165) is 12.8 Å². The first-order chi connectivity index (χ1) is 8.80. The van der Waals surface area contributed by atoms with Crippen molar-refractivity contribution < 1.29 is 9.53 Å². The van der Waals surface area contributed by atoms with Gasteiger partial charge in [-0.2, -0.15) is 0 Å². The number of ether oxygens (including phenoxy) is 1. The molecule has 0 bridgehead atoms. The summed E-state index contributed by atoms with van der Waals surface area (Å²) in [6, 6.07) is 0. The molecular weight excluding hydrogens is 236 g/mol. The first-order valence-electron chi connectivity index (χ1n) is 7.66. The second-order valence-corrected chi connectivity index (χ2v) is 7.31. The van der Waals surface area contributed by atoms with Crippen molar-refractivity contribution in [1.82, 2.24) is 0 Å². The van der Waals surface area contributed by atoms with Gasteiger partial charge >= 0.3 is 5.97 Å². The summed E-state index contributed by atoms with van der Waals surface area (Å²) in [5.41, 5.74) is 0.977. The fraction of sp³-hybridized carbons (Fsp3) is 0.824. The lowest BCUT2D eigenvalue weighted by Crippen LogP contribution is -2.28. The van der Waals surface area contributed by atoms with Crippen LogP contribution >= 0.6 is 0 Å². The Bertz CT molecular complexity index is 384. The normalized spacial score (nSPS) is 33.6. The highest BCUT2D eigenvalue weighted by atomic mass is 16.5. The van der Waals surface area contributed by atoms with Gasteiger partial charge in [0.15, 0.2) is 0 Å². The number of carbonyl (C=O) groups excluding carboxylic acids is 1. The number of rotatable bonds is 3. The van der Waals surface area contributed by atoms with Crippen molar-refractivity contribution in [2.24, 2.45) is 16.7 Å². The second kappa shape index (κ2) is 4.96. The fourth-order valence-electron chi connectivity index (χ4n) is 3.58. The Morgan fingerprint density at radius 2 is 1.68 bits per heavy atom. The van der Waals surface area contributed by atoms with Crippen molar-refractivity contribution in [3.05, 3.63) is 11.6 Å². The Morgan fingerprint density at radius 3 is 2.21 bits per heavy atom. The third-order valence-electron chi connectivity index (χ3n) is 5.40. The molecule has 2 aliphatic carbocycles. The predicted molar refractivity (Wildman–Crippen MR) is 77.8 cm³/mol. The lowest BCUT2D eigenvalue weighted by atomic mass is 9.96. The van der Waals surface area contributed by atoms with Gasteiger partial charge in [-0.25, -0.2) is 0 Å². The van der Waals surface area contributed by atoms with Crippen LogP contribution in [0.3, 0.4) is 0 Å². The summed E-state index contributed by atoms with van der Waals surface area (Å²) >= 11 is 0. The van der Waals surface area contributed by atoms with Crippen molar-refractivity contribution >= 4 is 5.97 Å². The zero-order valence-electron chi connectivity index (χ0n) is 13.1. The first-order valence-corrected chi connectivity index (χ1v) is 7.66. The summed E-state index contributed by atoms with van der Waals surface area (Å²) in [4.78, 5) is 12.6. The minimum Gasteiger partial charge on any atom is -0.462 e. The largest absolute Gasteiger partial charge is 0.462 e. The molecule has 0 spiro atoms.